The average Bonchev–Trinajstić information content (AvgIpc) is 2.36. The van der Waals surface area contributed by atoms with E-state index in [1.54, 1.807) is 13.8 Å². The van der Waals surface area contributed by atoms with E-state index in [9.17, 15) is 13.5 Å². The molecule has 6 nitrogen and oxygen atoms in total. The summed E-state index contributed by atoms with van der Waals surface area (Å²) in [6.07, 6.45) is 0.438. The van der Waals surface area contributed by atoms with Crippen LogP contribution >= 0.6 is 0 Å². The number of nitrogens with two attached hydrogens (primary N) is 1. The van der Waals surface area contributed by atoms with Crippen LogP contribution in [0.1, 0.15) is 20.3 Å². The number of aliphatic hydroxyl groups is 1. The standard InChI is InChI=1S/C12H20N2O4S/c1-4-12(2,15)8-14-19(16,17)11-6-5-9(18-3)7-10(11)13/h5-7,14-15H,4,8,13H2,1-3H3. The van der Waals surface area contributed by atoms with Gasteiger partial charge in [-0.15, -0.1) is 0 Å². The summed E-state index contributed by atoms with van der Waals surface area (Å²) in [6, 6.07) is 4.33. The molecule has 0 radical (unpaired) electrons. The molecular formula is C12H20N2O4S. The maximum absolute atomic E-state index is 12.1. The van der Waals surface area contributed by atoms with Crippen LogP contribution in [0.5, 0.6) is 5.75 Å². The Bertz CT molecular complexity index is 541. The molecule has 1 rings (SSSR count). The van der Waals surface area contributed by atoms with Crippen molar-refractivity contribution >= 4 is 15.7 Å². The molecule has 108 valence electrons. The lowest BCUT2D eigenvalue weighted by molar-refractivity contribution is 0.0613. The third kappa shape index (κ3) is 4.09. The fourth-order valence-electron chi connectivity index (χ4n) is 1.35. The Kier molecular flexibility index (Phi) is 4.78. The minimum atomic E-state index is -3.75. The Morgan fingerprint density at radius 1 is 1.47 bits per heavy atom. The molecule has 1 atom stereocenters. The lowest BCUT2D eigenvalue weighted by Gasteiger charge is -2.21. The van der Waals surface area contributed by atoms with Crippen LogP contribution in [0.2, 0.25) is 0 Å². The summed E-state index contributed by atoms with van der Waals surface area (Å²) in [6.45, 7) is 3.26. The van der Waals surface area contributed by atoms with Gasteiger partial charge in [0.05, 0.1) is 18.4 Å². The molecule has 4 N–H and O–H groups in total. The van der Waals surface area contributed by atoms with Crippen LogP contribution in [0.4, 0.5) is 5.69 Å². The van der Waals surface area contributed by atoms with Crippen molar-refractivity contribution in [1.29, 1.82) is 0 Å². The normalized spacial score (nSPS) is 14.9. The van der Waals surface area contributed by atoms with E-state index in [0.29, 0.717) is 12.2 Å². The van der Waals surface area contributed by atoms with Gasteiger partial charge in [-0.3, -0.25) is 0 Å². The number of nitrogen functional groups attached to an aromatic ring is 1. The molecule has 0 spiro atoms. The van der Waals surface area contributed by atoms with Crippen LogP contribution in [-0.4, -0.2) is 32.8 Å². The number of benzene rings is 1. The van der Waals surface area contributed by atoms with E-state index in [0.717, 1.165) is 0 Å². The first-order valence-corrected chi connectivity index (χ1v) is 7.36. The third-order valence-electron chi connectivity index (χ3n) is 2.91. The van der Waals surface area contributed by atoms with Crippen molar-refractivity contribution in [3.8, 4) is 5.75 Å². The molecule has 0 aliphatic carbocycles. The number of hydrogen-bond acceptors (Lipinski definition) is 5. The maximum Gasteiger partial charge on any atom is 0.242 e. The topological polar surface area (TPSA) is 102 Å². The second-order valence-electron chi connectivity index (χ2n) is 4.58. The van der Waals surface area contributed by atoms with Gasteiger partial charge in [-0.25, -0.2) is 13.1 Å². The van der Waals surface area contributed by atoms with Crippen LogP contribution in [-0.2, 0) is 10.0 Å². The molecule has 0 amide bonds. The molecule has 1 aromatic rings. The number of nitrogens with one attached hydrogen (secondary N) is 1. The van der Waals surface area contributed by atoms with E-state index in [1.807, 2.05) is 0 Å². The zero-order valence-corrected chi connectivity index (χ0v) is 12.1. The van der Waals surface area contributed by atoms with Gasteiger partial charge < -0.3 is 15.6 Å². The summed E-state index contributed by atoms with van der Waals surface area (Å²) in [7, 11) is -2.28. The molecule has 0 fully saturated rings. The van der Waals surface area contributed by atoms with Crippen molar-refractivity contribution in [2.45, 2.75) is 30.8 Å². The fraction of sp³-hybridized carbons (Fsp3) is 0.500. The second-order valence-corrected chi connectivity index (χ2v) is 6.31. The van der Waals surface area contributed by atoms with Gasteiger partial charge in [0.2, 0.25) is 10.0 Å². The number of ether oxygens (including phenoxy) is 1. The van der Waals surface area contributed by atoms with Crippen molar-refractivity contribution in [3.63, 3.8) is 0 Å². The fourth-order valence-corrected chi connectivity index (χ4v) is 2.62. The molecular weight excluding hydrogens is 268 g/mol. The van der Waals surface area contributed by atoms with Gasteiger partial charge in [-0.05, 0) is 25.5 Å². The first-order valence-electron chi connectivity index (χ1n) is 5.87. The molecule has 0 aromatic heterocycles. The summed E-state index contributed by atoms with van der Waals surface area (Å²) in [5, 5.41) is 9.81. The average molecular weight is 288 g/mol. The van der Waals surface area contributed by atoms with Crippen LogP contribution in [0.15, 0.2) is 23.1 Å². The van der Waals surface area contributed by atoms with E-state index < -0.39 is 15.6 Å². The Morgan fingerprint density at radius 2 is 2.11 bits per heavy atom. The molecule has 0 bridgehead atoms. The van der Waals surface area contributed by atoms with E-state index >= 15 is 0 Å². The Labute approximate surface area is 113 Å². The van der Waals surface area contributed by atoms with Gasteiger partial charge in [0.1, 0.15) is 10.6 Å². The van der Waals surface area contributed by atoms with Gasteiger partial charge in [0.25, 0.3) is 0 Å². The SMILES string of the molecule is CCC(C)(O)CNS(=O)(=O)c1ccc(OC)cc1N. The van der Waals surface area contributed by atoms with Crippen molar-refractivity contribution in [3.05, 3.63) is 18.2 Å². The summed E-state index contributed by atoms with van der Waals surface area (Å²) in [4.78, 5) is -0.0276. The summed E-state index contributed by atoms with van der Waals surface area (Å²) < 4.78 is 31.4. The monoisotopic (exact) mass is 288 g/mol. The number of anilines is 1. The molecule has 0 heterocycles. The van der Waals surface area contributed by atoms with Crippen LogP contribution in [0.25, 0.3) is 0 Å². The lowest BCUT2D eigenvalue weighted by atomic mass is 10.1. The first-order chi connectivity index (χ1) is 8.72. The summed E-state index contributed by atoms with van der Waals surface area (Å²) >= 11 is 0. The molecule has 0 aliphatic heterocycles. The smallest absolute Gasteiger partial charge is 0.242 e. The van der Waals surface area contributed by atoms with Crippen molar-refractivity contribution < 1.29 is 18.3 Å². The molecule has 1 aromatic carbocycles. The van der Waals surface area contributed by atoms with E-state index in [4.69, 9.17) is 10.5 Å². The Morgan fingerprint density at radius 3 is 2.58 bits per heavy atom. The van der Waals surface area contributed by atoms with E-state index in [-0.39, 0.29) is 17.1 Å². The van der Waals surface area contributed by atoms with Crippen molar-refractivity contribution in [1.82, 2.24) is 4.72 Å². The first kappa shape index (κ1) is 15.7. The van der Waals surface area contributed by atoms with Crippen molar-refractivity contribution in [2.24, 2.45) is 0 Å². The zero-order chi connectivity index (χ0) is 14.7. The van der Waals surface area contributed by atoms with Gasteiger partial charge >= 0.3 is 0 Å². The molecule has 0 aliphatic rings. The van der Waals surface area contributed by atoms with Crippen LogP contribution < -0.4 is 15.2 Å². The highest BCUT2D eigenvalue weighted by molar-refractivity contribution is 7.89. The van der Waals surface area contributed by atoms with Gasteiger partial charge in [0, 0.05) is 12.6 Å². The molecule has 1 unspecified atom stereocenters. The lowest BCUT2D eigenvalue weighted by Crippen LogP contribution is -2.40. The minimum Gasteiger partial charge on any atom is -0.497 e. The largest absolute Gasteiger partial charge is 0.497 e. The quantitative estimate of drug-likeness (QED) is 0.669. The third-order valence-corrected chi connectivity index (χ3v) is 4.39. The predicted molar refractivity (Wildman–Crippen MR) is 73.5 cm³/mol. The highest BCUT2D eigenvalue weighted by Crippen LogP contribution is 2.23. The second kappa shape index (κ2) is 5.77. The van der Waals surface area contributed by atoms with Crippen LogP contribution in [0.3, 0.4) is 0 Å². The van der Waals surface area contributed by atoms with E-state index in [1.165, 1.54) is 25.3 Å². The highest BCUT2D eigenvalue weighted by atomic mass is 32.2. The van der Waals surface area contributed by atoms with Gasteiger partial charge in [0.15, 0.2) is 0 Å². The summed E-state index contributed by atoms with van der Waals surface area (Å²) in [5.41, 5.74) is 4.70. The van der Waals surface area contributed by atoms with E-state index in [2.05, 4.69) is 4.72 Å². The number of hydrogen-bond donors (Lipinski definition) is 3. The van der Waals surface area contributed by atoms with Gasteiger partial charge in [-0.1, -0.05) is 6.92 Å². The Balaban J connectivity index is 2.95. The Hall–Kier alpha value is -1.31. The molecule has 0 saturated carbocycles. The van der Waals surface area contributed by atoms with Crippen molar-refractivity contribution in [2.75, 3.05) is 19.4 Å². The molecule has 7 heteroatoms. The number of rotatable bonds is 6. The highest BCUT2D eigenvalue weighted by Gasteiger charge is 2.23. The predicted octanol–water partition coefficient (Wildman–Crippen LogP) is 0.717. The molecule has 19 heavy (non-hydrogen) atoms. The number of methoxy groups -OCH3 is 1. The minimum absolute atomic E-state index is 0.0276. The summed E-state index contributed by atoms with van der Waals surface area (Å²) in [5.74, 6) is 0.483. The van der Waals surface area contributed by atoms with Gasteiger partial charge in [-0.2, -0.15) is 0 Å². The van der Waals surface area contributed by atoms with Crippen LogP contribution in [0, 0.1) is 0 Å². The zero-order valence-electron chi connectivity index (χ0n) is 11.3. The maximum atomic E-state index is 12.1. The molecule has 0 saturated heterocycles. The number of sulfonamides is 1.